The van der Waals surface area contributed by atoms with Gasteiger partial charge in [0.05, 0.1) is 32.0 Å². The van der Waals surface area contributed by atoms with Crippen molar-refractivity contribution >= 4 is 28.9 Å². The van der Waals surface area contributed by atoms with Gasteiger partial charge in [-0.25, -0.2) is 4.98 Å². The lowest BCUT2D eigenvalue weighted by Gasteiger charge is -2.11. The van der Waals surface area contributed by atoms with Crippen LogP contribution in [0.1, 0.15) is 5.69 Å². The molecule has 0 aliphatic carbocycles. The Balaban J connectivity index is 1.51. The highest BCUT2D eigenvalue weighted by atomic mass is 32.1. The minimum atomic E-state index is -0.537. The van der Waals surface area contributed by atoms with Crippen LogP contribution in [0.4, 0.5) is 5.69 Å². The number of hydrogen-bond donors (Lipinski definition) is 1. The number of aromatic nitrogens is 2. The van der Waals surface area contributed by atoms with Gasteiger partial charge in [-0.1, -0.05) is 0 Å². The highest BCUT2D eigenvalue weighted by Crippen LogP contribution is 2.29. The number of hydrogen-bond acceptors (Lipinski definition) is 8. The average molecular weight is 413 g/mol. The average Bonchev–Trinajstić information content (AvgIpc) is 3.21. The number of benzene rings is 1. The smallest absolute Gasteiger partial charge is 0.312 e. The third kappa shape index (κ3) is 5.52. The summed E-state index contributed by atoms with van der Waals surface area (Å²) in [5, 5.41) is 5.19. The summed E-state index contributed by atoms with van der Waals surface area (Å²) in [6.45, 7) is -0.409. The molecule has 150 valence electrons. The predicted octanol–water partition coefficient (Wildman–Crippen LogP) is 2.95. The van der Waals surface area contributed by atoms with Crippen molar-refractivity contribution in [3.05, 3.63) is 53.8 Å². The Morgan fingerprint density at radius 2 is 2.03 bits per heavy atom. The number of thiazole rings is 1. The molecular weight excluding hydrogens is 394 g/mol. The molecule has 2 heterocycles. The van der Waals surface area contributed by atoms with Gasteiger partial charge in [-0.3, -0.25) is 14.6 Å². The van der Waals surface area contributed by atoms with Crippen molar-refractivity contribution in [2.75, 3.05) is 26.1 Å². The number of pyridine rings is 1. The van der Waals surface area contributed by atoms with Crippen LogP contribution in [0, 0.1) is 0 Å². The van der Waals surface area contributed by atoms with E-state index in [-0.39, 0.29) is 6.42 Å². The van der Waals surface area contributed by atoms with Crippen molar-refractivity contribution < 1.29 is 23.8 Å². The molecule has 3 aromatic rings. The van der Waals surface area contributed by atoms with Crippen LogP contribution < -0.4 is 14.8 Å². The topological polar surface area (TPSA) is 99.6 Å². The zero-order valence-electron chi connectivity index (χ0n) is 15.9. The zero-order chi connectivity index (χ0) is 20.6. The molecule has 0 aliphatic rings. The van der Waals surface area contributed by atoms with Crippen molar-refractivity contribution in [2.45, 2.75) is 6.42 Å². The van der Waals surface area contributed by atoms with E-state index < -0.39 is 18.5 Å². The molecule has 1 N–H and O–H groups in total. The number of carbonyl (C=O) groups is 2. The normalized spacial score (nSPS) is 10.3. The maximum Gasteiger partial charge on any atom is 0.312 e. The molecule has 0 saturated heterocycles. The predicted molar refractivity (Wildman–Crippen MR) is 108 cm³/mol. The monoisotopic (exact) mass is 413 g/mol. The van der Waals surface area contributed by atoms with Crippen LogP contribution in [0.5, 0.6) is 11.5 Å². The lowest BCUT2D eigenvalue weighted by molar-refractivity contribution is -0.146. The molecule has 0 saturated carbocycles. The highest BCUT2D eigenvalue weighted by molar-refractivity contribution is 7.13. The molecule has 3 rings (SSSR count). The standard InChI is InChI=1S/C20H19N3O5S/c1-26-15-5-6-16(17(9-15)27-2)23-18(24)11-28-19(25)8-14-12-29-20(22-14)13-4-3-7-21-10-13/h3-7,9-10,12H,8,11H2,1-2H3,(H,23,24). The van der Waals surface area contributed by atoms with Crippen LogP contribution in [0.2, 0.25) is 0 Å². The van der Waals surface area contributed by atoms with E-state index in [9.17, 15) is 9.59 Å². The first-order chi connectivity index (χ1) is 14.1. The molecular formula is C20H19N3O5S. The molecule has 0 fully saturated rings. The van der Waals surface area contributed by atoms with E-state index in [1.807, 2.05) is 12.1 Å². The Hall–Kier alpha value is -3.46. The van der Waals surface area contributed by atoms with Gasteiger partial charge in [0.15, 0.2) is 6.61 Å². The number of anilines is 1. The van der Waals surface area contributed by atoms with Crippen molar-refractivity contribution in [2.24, 2.45) is 0 Å². The molecule has 29 heavy (non-hydrogen) atoms. The Labute approximate surface area is 171 Å². The van der Waals surface area contributed by atoms with E-state index >= 15 is 0 Å². The molecule has 0 spiro atoms. The molecule has 0 bridgehead atoms. The third-order valence-corrected chi connectivity index (χ3v) is 4.77. The van der Waals surface area contributed by atoms with Crippen LogP contribution in [-0.2, 0) is 20.7 Å². The summed E-state index contributed by atoms with van der Waals surface area (Å²) in [4.78, 5) is 32.6. The molecule has 2 aromatic heterocycles. The SMILES string of the molecule is COc1ccc(NC(=O)COC(=O)Cc2csc(-c3cccnc3)n2)c(OC)c1. The number of nitrogens with one attached hydrogen (secondary N) is 1. The first-order valence-electron chi connectivity index (χ1n) is 8.61. The summed E-state index contributed by atoms with van der Waals surface area (Å²) < 4.78 is 15.4. The van der Waals surface area contributed by atoms with Gasteiger partial charge in [0, 0.05) is 29.4 Å². The van der Waals surface area contributed by atoms with Gasteiger partial charge in [-0.05, 0) is 24.3 Å². The fourth-order valence-corrected chi connectivity index (χ4v) is 3.25. The summed E-state index contributed by atoms with van der Waals surface area (Å²) >= 11 is 1.42. The first-order valence-corrected chi connectivity index (χ1v) is 9.49. The maximum absolute atomic E-state index is 12.1. The van der Waals surface area contributed by atoms with Gasteiger partial charge in [0.2, 0.25) is 0 Å². The third-order valence-electron chi connectivity index (χ3n) is 3.83. The minimum absolute atomic E-state index is 0.0180. The molecule has 1 aromatic carbocycles. The van der Waals surface area contributed by atoms with Crippen LogP contribution in [0.3, 0.4) is 0 Å². The van der Waals surface area contributed by atoms with E-state index in [0.29, 0.717) is 22.9 Å². The number of nitrogens with zero attached hydrogens (tertiary/aromatic N) is 2. The second-order valence-electron chi connectivity index (χ2n) is 5.84. The fourth-order valence-electron chi connectivity index (χ4n) is 2.44. The summed E-state index contributed by atoms with van der Waals surface area (Å²) in [5.41, 5.74) is 1.91. The number of rotatable bonds is 8. The van der Waals surface area contributed by atoms with E-state index in [4.69, 9.17) is 14.2 Å². The molecule has 9 heteroatoms. The largest absolute Gasteiger partial charge is 0.497 e. The van der Waals surface area contributed by atoms with Gasteiger partial charge in [0.1, 0.15) is 16.5 Å². The van der Waals surface area contributed by atoms with Crippen molar-refractivity contribution in [1.29, 1.82) is 0 Å². The first kappa shape index (κ1) is 20.3. The van der Waals surface area contributed by atoms with E-state index in [2.05, 4.69) is 15.3 Å². The summed E-state index contributed by atoms with van der Waals surface area (Å²) in [5.74, 6) is 0.0238. The number of ether oxygens (including phenoxy) is 3. The number of amides is 1. The van der Waals surface area contributed by atoms with Gasteiger partial charge in [-0.15, -0.1) is 11.3 Å². The Kier molecular flexibility index (Phi) is 6.75. The Morgan fingerprint density at radius 1 is 1.17 bits per heavy atom. The lowest BCUT2D eigenvalue weighted by Crippen LogP contribution is -2.22. The Bertz CT molecular complexity index is 991. The summed E-state index contributed by atoms with van der Waals surface area (Å²) in [7, 11) is 3.02. The minimum Gasteiger partial charge on any atom is -0.497 e. The van der Waals surface area contributed by atoms with Crippen molar-refractivity contribution in [3.63, 3.8) is 0 Å². The van der Waals surface area contributed by atoms with E-state index in [0.717, 1.165) is 10.6 Å². The molecule has 0 atom stereocenters. The van der Waals surface area contributed by atoms with Crippen molar-refractivity contribution in [3.8, 4) is 22.1 Å². The second kappa shape index (κ2) is 9.65. The fraction of sp³-hybridized carbons (Fsp3) is 0.200. The molecule has 8 nitrogen and oxygen atoms in total. The summed E-state index contributed by atoms with van der Waals surface area (Å²) in [6, 6.07) is 8.69. The van der Waals surface area contributed by atoms with E-state index in [1.54, 1.807) is 36.0 Å². The molecule has 0 aliphatic heterocycles. The molecule has 1 amide bonds. The lowest BCUT2D eigenvalue weighted by atomic mass is 10.2. The Morgan fingerprint density at radius 3 is 2.76 bits per heavy atom. The van der Waals surface area contributed by atoms with Gasteiger partial charge < -0.3 is 19.5 Å². The number of carbonyl (C=O) groups excluding carboxylic acids is 2. The second-order valence-corrected chi connectivity index (χ2v) is 6.70. The molecule has 0 radical (unpaired) electrons. The van der Waals surface area contributed by atoms with Gasteiger partial charge in [0.25, 0.3) is 5.91 Å². The quantitative estimate of drug-likeness (QED) is 0.567. The van der Waals surface area contributed by atoms with Crippen LogP contribution >= 0.6 is 11.3 Å². The van der Waals surface area contributed by atoms with Crippen molar-refractivity contribution in [1.82, 2.24) is 9.97 Å². The maximum atomic E-state index is 12.1. The van der Waals surface area contributed by atoms with Gasteiger partial charge in [-0.2, -0.15) is 0 Å². The molecule has 0 unspecified atom stereocenters. The van der Waals surface area contributed by atoms with Crippen LogP contribution in [0.15, 0.2) is 48.1 Å². The van der Waals surface area contributed by atoms with Gasteiger partial charge >= 0.3 is 5.97 Å². The number of esters is 1. The van der Waals surface area contributed by atoms with E-state index in [1.165, 1.54) is 25.6 Å². The number of methoxy groups -OCH3 is 2. The van der Waals surface area contributed by atoms with Crippen LogP contribution in [0.25, 0.3) is 10.6 Å². The zero-order valence-corrected chi connectivity index (χ0v) is 16.7. The highest BCUT2D eigenvalue weighted by Gasteiger charge is 2.14. The summed E-state index contributed by atoms with van der Waals surface area (Å²) in [6.07, 6.45) is 3.37. The van der Waals surface area contributed by atoms with Crippen LogP contribution in [-0.4, -0.2) is 42.7 Å².